The van der Waals surface area contributed by atoms with Crippen molar-refractivity contribution in [1.29, 1.82) is 0 Å². The SMILES string of the molecule is CC1(C)CNc2cc(F)ccc2S1(=O)=O. The molecule has 15 heavy (non-hydrogen) atoms. The Balaban J connectivity index is 2.69. The Bertz CT molecular complexity index is 508. The molecule has 0 amide bonds. The van der Waals surface area contributed by atoms with Crippen LogP contribution in [0, 0.1) is 5.82 Å². The topological polar surface area (TPSA) is 46.2 Å². The first-order valence-electron chi connectivity index (χ1n) is 4.63. The zero-order valence-corrected chi connectivity index (χ0v) is 9.36. The Morgan fingerprint density at radius 1 is 1.40 bits per heavy atom. The molecule has 0 unspecified atom stereocenters. The van der Waals surface area contributed by atoms with Crippen LogP contribution in [0.25, 0.3) is 0 Å². The van der Waals surface area contributed by atoms with Crippen LogP contribution in [0.4, 0.5) is 10.1 Å². The lowest BCUT2D eigenvalue weighted by Crippen LogP contribution is -2.43. The number of benzene rings is 1. The maximum atomic E-state index is 12.9. The Hall–Kier alpha value is -1.10. The summed E-state index contributed by atoms with van der Waals surface area (Å²) in [4.78, 5) is 0.181. The fraction of sp³-hybridized carbons (Fsp3) is 0.400. The smallest absolute Gasteiger partial charge is 0.187 e. The maximum Gasteiger partial charge on any atom is 0.187 e. The third-order valence-electron chi connectivity index (χ3n) is 2.66. The molecule has 0 fully saturated rings. The minimum atomic E-state index is -3.37. The Labute approximate surface area is 88.2 Å². The van der Waals surface area contributed by atoms with Crippen LogP contribution in [0.1, 0.15) is 13.8 Å². The van der Waals surface area contributed by atoms with Crippen molar-refractivity contribution in [2.45, 2.75) is 23.5 Å². The first-order chi connectivity index (χ1) is 6.84. The quantitative estimate of drug-likeness (QED) is 0.690. The van der Waals surface area contributed by atoms with E-state index in [-0.39, 0.29) is 4.90 Å². The summed E-state index contributed by atoms with van der Waals surface area (Å²) in [5, 5.41) is 2.93. The van der Waals surface area contributed by atoms with Crippen molar-refractivity contribution in [2.24, 2.45) is 0 Å². The number of halogens is 1. The van der Waals surface area contributed by atoms with Crippen molar-refractivity contribution in [3.8, 4) is 0 Å². The van der Waals surface area contributed by atoms with Crippen molar-refractivity contribution in [3.63, 3.8) is 0 Å². The molecule has 0 spiro atoms. The van der Waals surface area contributed by atoms with Gasteiger partial charge in [0.05, 0.1) is 15.3 Å². The number of fused-ring (bicyclic) bond motifs is 1. The fourth-order valence-corrected chi connectivity index (χ4v) is 3.10. The number of hydrogen-bond donors (Lipinski definition) is 1. The van der Waals surface area contributed by atoms with Gasteiger partial charge in [0.25, 0.3) is 0 Å². The third-order valence-corrected chi connectivity index (χ3v) is 5.20. The van der Waals surface area contributed by atoms with E-state index in [9.17, 15) is 12.8 Å². The molecular weight excluding hydrogens is 217 g/mol. The Morgan fingerprint density at radius 3 is 2.73 bits per heavy atom. The predicted molar refractivity (Wildman–Crippen MR) is 56.2 cm³/mol. The average Bonchev–Trinajstić information content (AvgIpc) is 2.12. The molecule has 0 radical (unpaired) electrons. The summed E-state index contributed by atoms with van der Waals surface area (Å²) in [5.74, 6) is -0.434. The number of anilines is 1. The molecular formula is C10H12FNO2S. The molecule has 1 aliphatic heterocycles. The molecule has 0 saturated carbocycles. The molecule has 5 heteroatoms. The van der Waals surface area contributed by atoms with E-state index in [1.54, 1.807) is 13.8 Å². The molecule has 1 N–H and O–H groups in total. The minimum absolute atomic E-state index is 0.181. The molecule has 1 aromatic rings. The van der Waals surface area contributed by atoms with E-state index in [0.29, 0.717) is 12.2 Å². The Kier molecular flexibility index (Phi) is 2.05. The zero-order chi connectivity index (χ0) is 11.3. The first-order valence-corrected chi connectivity index (χ1v) is 6.11. The number of hydrogen-bond acceptors (Lipinski definition) is 3. The van der Waals surface area contributed by atoms with Gasteiger partial charge in [-0.3, -0.25) is 0 Å². The van der Waals surface area contributed by atoms with Crippen LogP contribution in [0.2, 0.25) is 0 Å². The van der Waals surface area contributed by atoms with Crippen molar-refractivity contribution in [3.05, 3.63) is 24.0 Å². The standard InChI is InChI=1S/C10H12FNO2S/c1-10(2)6-12-8-5-7(11)3-4-9(8)15(10,13)14/h3-5,12H,6H2,1-2H3. The summed E-state index contributed by atoms with van der Waals surface area (Å²) in [5.41, 5.74) is 0.356. The van der Waals surface area contributed by atoms with Crippen molar-refractivity contribution >= 4 is 15.5 Å². The van der Waals surface area contributed by atoms with Gasteiger partial charge in [0.15, 0.2) is 9.84 Å². The van der Waals surface area contributed by atoms with Gasteiger partial charge in [-0.15, -0.1) is 0 Å². The van der Waals surface area contributed by atoms with Crippen LogP contribution in [-0.4, -0.2) is 19.7 Å². The largest absolute Gasteiger partial charge is 0.382 e. The van der Waals surface area contributed by atoms with Gasteiger partial charge in [-0.05, 0) is 32.0 Å². The summed E-state index contributed by atoms with van der Waals surface area (Å²) >= 11 is 0. The lowest BCUT2D eigenvalue weighted by molar-refractivity contribution is 0.547. The normalized spacial score (nSPS) is 21.5. The average molecular weight is 229 g/mol. The minimum Gasteiger partial charge on any atom is -0.382 e. The van der Waals surface area contributed by atoms with Gasteiger partial charge in [0.1, 0.15) is 5.82 Å². The fourth-order valence-electron chi connectivity index (χ4n) is 1.58. The van der Waals surface area contributed by atoms with Crippen LogP contribution >= 0.6 is 0 Å². The summed E-state index contributed by atoms with van der Waals surface area (Å²) in [6, 6.07) is 3.69. The van der Waals surface area contributed by atoms with Crippen LogP contribution < -0.4 is 5.32 Å². The highest BCUT2D eigenvalue weighted by molar-refractivity contribution is 7.93. The lowest BCUT2D eigenvalue weighted by atomic mass is 10.2. The van der Waals surface area contributed by atoms with Gasteiger partial charge in [-0.2, -0.15) is 0 Å². The van der Waals surface area contributed by atoms with Gasteiger partial charge in [-0.25, -0.2) is 12.8 Å². The van der Waals surface area contributed by atoms with Gasteiger partial charge < -0.3 is 5.32 Å². The van der Waals surface area contributed by atoms with E-state index in [2.05, 4.69) is 5.32 Å². The molecule has 0 atom stereocenters. The van der Waals surface area contributed by atoms with Crippen molar-refractivity contribution in [1.82, 2.24) is 0 Å². The van der Waals surface area contributed by atoms with Gasteiger partial charge in [-0.1, -0.05) is 0 Å². The van der Waals surface area contributed by atoms with E-state index in [1.807, 2.05) is 0 Å². The molecule has 0 aromatic heterocycles. The lowest BCUT2D eigenvalue weighted by Gasteiger charge is -2.31. The van der Waals surface area contributed by atoms with E-state index in [4.69, 9.17) is 0 Å². The first kappa shape index (κ1) is 10.4. The highest BCUT2D eigenvalue weighted by atomic mass is 32.2. The summed E-state index contributed by atoms with van der Waals surface area (Å²) in [7, 11) is -3.37. The molecule has 0 saturated heterocycles. The second-order valence-electron chi connectivity index (χ2n) is 4.26. The van der Waals surface area contributed by atoms with Gasteiger partial charge in [0.2, 0.25) is 0 Å². The molecule has 0 bridgehead atoms. The van der Waals surface area contributed by atoms with Gasteiger partial charge in [0, 0.05) is 6.54 Å². The van der Waals surface area contributed by atoms with Crippen molar-refractivity contribution in [2.75, 3.05) is 11.9 Å². The Morgan fingerprint density at radius 2 is 2.07 bits per heavy atom. The molecule has 0 aliphatic carbocycles. The van der Waals surface area contributed by atoms with Crippen LogP contribution in [0.5, 0.6) is 0 Å². The molecule has 1 aromatic carbocycles. The van der Waals surface area contributed by atoms with Crippen molar-refractivity contribution < 1.29 is 12.8 Å². The number of nitrogens with one attached hydrogen (secondary N) is 1. The summed E-state index contributed by atoms with van der Waals surface area (Å²) < 4.78 is 36.2. The van der Waals surface area contributed by atoms with E-state index < -0.39 is 20.4 Å². The summed E-state index contributed by atoms with van der Waals surface area (Å²) in [6.45, 7) is 3.61. The monoisotopic (exact) mass is 229 g/mol. The van der Waals surface area contributed by atoms with Crippen LogP contribution in [-0.2, 0) is 9.84 Å². The predicted octanol–water partition coefficient (Wildman–Crippen LogP) is 1.80. The highest BCUT2D eigenvalue weighted by Gasteiger charge is 2.40. The second-order valence-corrected chi connectivity index (χ2v) is 6.81. The molecule has 1 aliphatic rings. The third kappa shape index (κ3) is 1.42. The molecule has 82 valence electrons. The van der Waals surface area contributed by atoms with Crippen LogP contribution in [0.15, 0.2) is 23.1 Å². The highest BCUT2D eigenvalue weighted by Crippen LogP contribution is 2.35. The second kappa shape index (κ2) is 2.95. The number of sulfone groups is 1. The summed E-state index contributed by atoms with van der Waals surface area (Å²) in [6.07, 6.45) is 0. The van der Waals surface area contributed by atoms with E-state index in [0.717, 1.165) is 0 Å². The molecule has 1 heterocycles. The maximum absolute atomic E-state index is 12.9. The van der Waals surface area contributed by atoms with E-state index >= 15 is 0 Å². The van der Waals surface area contributed by atoms with Crippen LogP contribution in [0.3, 0.4) is 0 Å². The molecule has 2 rings (SSSR count). The van der Waals surface area contributed by atoms with Gasteiger partial charge >= 0.3 is 0 Å². The van der Waals surface area contributed by atoms with E-state index in [1.165, 1.54) is 18.2 Å². The molecule has 3 nitrogen and oxygen atoms in total. The zero-order valence-electron chi connectivity index (χ0n) is 8.54. The number of rotatable bonds is 0.